The summed E-state index contributed by atoms with van der Waals surface area (Å²) in [5.74, 6) is 1.51. The van der Waals surface area contributed by atoms with Gasteiger partial charge < -0.3 is 14.6 Å². The van der Waals surface area contributed by atoms with Crippen molar-refractivity contribution in [2.45, 2.75) is 31.8 Å². The summed E-state index contributed by atoms with van der Waals surface area (Å²) in [7, 11) is -2.09. The number of hydrogen-bond donors (Lipinski definition) is 1. The van der Waals surface area contributed by atoms with Crippen molar-refractivity contribution in [1.29, 1.82) is 0 Å². The van der Waals surface area contributed by atoms with Crippen LogP contribution in [0.4, 0.5) is 0 Å². The van der Waals surface area contributed by atoms with Crippen LogP contribution in [0.5, 0.6) is 0 Å². The van der Waals surface area contributed by atoms with Crippen molar-refractivity contribution in [2.24, 2.45) is 5.73 Å². The van der Waals surface area contributed by atoms with Gasteiger partial charge in [-0.25, -0.2) is 8.42 Å². The van der Waals surface area contributed by atoms with Crippen LogP contribution in [0, 0.1) is 13.8 Å². The molecule has 2 N–H and O–H groups in total. The van der Waals surface area contributed by atoms with Crippen LogP contribution in [0.3, 0.4) is 0 Å². The van der Waals surface area contributed by atoms with E-state index in [9.17, 15) is 8.42 Å². The summed E-state index contributed by atoms with van der Waals surface area (Å²) < 4.78 is 36.8. The van der Waals surface area contributed by atoms with Crippen LogP contribution in [0.1, 0.15) is 22.8 Å². The molecule has 0 fully saturated rings. The Bertz CT molecular complexity index is 700. The minimum absolute atomic E-state index is 0.154. The zero-order valence-corrected chi connectivity index (χ0v) is 12.5. The molecule has 0 bridgehead atoms. The van der Waals surface area contributed by atoms with E-state index in [-0.39, 0.29) is 18.0 Å². The molecule has 0 amide bonds. The molecule has 2 aromatic heterocycles. The molecular formula is C13H18N2O4S. The Morgan fingerprint density at radius 1 is 1.30 bits per heavy atom. The van der Waals surface area contributed by atoms with E-state index < -0.39 is 10.0 Å². The first kappa shape index (κ1) is 14.8. The van der Waals surface area contributed by atoms with Crippen molar-refractivity contribution in [3.05, 3.63) is 41.2 Å². The highest BCUT2D eigenvalue weighted by atomic mass is 32.2. The Hall–Kier alpha value is -1.57. The van der Waals surface area contributed by atoms with Gasteiger partial charge in [0.15, 0.2) is 0 Å². The third-order valence-corrected chi connectivity index (χ3v) is 5.08. The molecule has 0 aliphatic rings. The fourth-order valence-corrected chi connectivity index (χ4v) is 3.28. The van der Waals surface area contributed by atoms with Gasteiger partial charge in [-0.3, -0.25) is 0 Å². The Morgan fingerprint density at radius 3 is 2.50 bits per heavy atom. The van der Waals surface area contributed by atoms with Crippen molar-refractivity contribution in [1.82, 2.24) is 4.31 Å². The zero-order valence-electron chi connectivity index (χ0n) is 11.7. The molecule has 0 atom stereocenters. The quantitative estimate of drug-likeness (QED) is 0.908. The Labute approximate surface area is 118 Å². The van der Waals surface area contributed by atoms with E-state index in [1.54, 1.807) is 26.2 Å². The highest BCUT2D eigenvalue weighted by Crippen LogP contribution is 2.24. The van der Waals surface area contributed by atoms with Crippen LogP contribution in [0.15, 0.2) is 32.1 Å². The summed E-state index contributed by atoms with van der Waals surface area (Å²) in [5.41, 5.74) is 6.30. The topological polar surface area (TPSA) is 89.7 Å². The number of sulfonamides is 1. The molecule has 0 radical (unpaired) electrons. The maximum atomic E-state index is 12.5. The lowest BCUT2D eigenvalue weighted by Crippen LogP contribution is -2.26. The van der Waals surface area contributed by atoms with E-state index in [2.05, 4.69) is 0 Å². The third-order valence-electron chi connectivity index (χ3n) is 3.17. The second-order valence-electron chi connectivity index (χ2n) is 4.60. The fourth-order valence-electron chi connectivity index (χ4n) is 1.95. The lowest BCUT2D eigenvalue weighted by molar-refractivity contribution is 0.451. The van der Waals surface area contributed by atoms with Gasteiger partial charge in [-0.1, -0.05) is 0 Å². The summed E-state index contributed by atoms with van der Waals surface area (Å²) in [6.07, 6.45) is 1.54. The van der Waals surface area contributed by atoms with Crippen LogP contribution >= 0.6 is 0 Å². The Kier molecular flexibility index (Phi) is 4.03. The van der Waals surface area contributed by atoms with Gasteiger partial charge in [0, 0.05) is 25.2 Å². The second kappa shape index (κ2) is 5.43. The molecule has 0 saturated heterocycles. The van der Waals surface area contributed by atoms with Gasteiger partial charge in [-0.2, -0.15) is 4.31 Å². The lowest BCUT2D eigenvalue weighted by atomic mass is 10.3. The summed E-state index contributed by atoms with van der Waals surface area (Å²) in [4.78, 5) is 0.154. The summed E-state index contributed by atoms with van der Waals surface area (Å²) >= 11 is 0. The zero-order chi connectivity index (χ0) is 14.9. The molecule has 7 heteroatoms. The normalized spacial score (nSPS) is 12.2. The fraction of sp³-hybridized carbons (Fsp3) is 0.385. The molecule has 6 nitrogen and oxygen atoms in total. The van der Waals surface area contributed by atoms with Crippen LogP contribution in [0.25, 0.3) is 0 Å². The van der Waals surface area contributed by atoms with E-state index >= 15 is 0 Å². The van der Waals surface area contributed by atoms with E-state index in [0.29, 0.717) is 17.3 Å². The van der Waals surface area contributed by atoms with Gasteiger partial charge in [-0.15, -0.1) is 0 Å². The summed E-state index contributed by atoms with van der Waals surface area (Å²) in [6.45, 7) is 3.82. The van der Waals surface area contributed by atoms with Gasteiger partial charge >= 0.3 is 0 Å². The van der Waals surface area contributed by atoms with Crippen molar-refractivity contribution in [3.63, 3.8) is 0 Å². The highest BCUT2D eigenvalue weighted by molar-refractivity contribution is 7.89. The number of hydrogen-bond acceptors (Lipinski definition) is 5. The molecule has 0 aliphatic carbocycles. The number of furan rings is 2. The first-order valence-electron chi connectivity index (χ1n) is 6.15. The van der Waals surface area contributed by atoms with Crippen molar-refractivity contribution in [3.8, 4) is 0 Å². The average Bonchev–Trinajstić information content (AvgIpc) is 2.96. The average molecular weight is 298 g/mol. The molecule has 110 valence electrons. The van der Waals surface area contributed by atoms with Crippen LogP contribution < -0.4 is 5.73 Å². The minimum Gasteiger partial charge on any atom is -0.469 e. The smallest absolute Gasteiger partial charge is 0.246 e. The van der Waals surface area contributed by atoms with E-state index in [0.717, 1.165) is 5.56 Å². The molecule has 2 rings (SSSR count). The largest absolute Gasteiger partial charge is 0.469 e. The molecule has 2 heterocycles. The molecule has 2 aromatic rings. The SMILES string of the molecule is Cc1occc1CN(C)S(=O)(=O)c1cc(CN)oc1C. The summed E-state index contributed by atoms with van der Waals surface area (Å²) in [5, 5.41) is 0. The van der Waals surface area contributed by atoms with Gasteiger partial charge in [-0.05, 0) is 19.9 Å². The van der Waals surface area contributed by atoms with E-state index in [1.807, 2.05) is 0 Å². The van der Waals surface area contributed by atoms with Crippen molar-refractivity contribution < 1.29 is 17.3 Å². The highest BCUT2D eigenvalue weighted by Gasteiger charge is 2.26. The first-order chi connectivity index (χ1) is 9.36. The number of aryl methyl sites for hydroxylation is 2. The van der Waals surface area contributed by atoms with Crippen molar-refractivity contribution in [2.75, 3.05) is 7.05 Å². The first-order valence-corrected chi connectivity index (χ1v) is 7.59. The lowest BCUT2D eigenvalue weighted by Gasteiger charge is -2.16. The molecule has 0 aliphatic heterocycles. The molecule has 0 unspecified atom stereocenters. The van der Waals surface area contributed by atoms with Crippen LogP contribution in [-0.2, 0) is 23.1 Å². The van der Waals surface area contributed by atoms with E-state index in [4.69, 9.17) is 14.6 Å². The number of rotatable bonds is 5. The second-order valence-corrected chi connectivity index (χ2v) is 6.61. The van der Waals surface area contributed by atoms with Crippen LogP contribution in [-0.4, -0.2) is 19.8 Å². The Morgan fingerprint density at radius 2 is 2.00 bits per heavy atom. The van der Waals surface area contributed by atoms with Gasteiger partial charge in [0.1, 0.15) is 22.2 Å². The van der Waals surface area contributed by atoms with Gasteiger partial charge in [0.2, 0.25) is 10.0 Å². The third kappa shape index (κ3) is 2.65. The number of nitrogens with two attached hydrogens (primary N) is 1. The van der Waals surface area contributed by atoms with Gasteiger partial charge in [0.25, 0.3) is 0 Å². The van der Waals surface area contributed by atoms with Crippen LogP contribution in [0.2, 0.25) is 0 Å². The Balaban J connectivity index is 2.29. The predicted octanol–water partition coefficient (Wildman–Crippen LogP) is 1.77. The van der Waals surface area contributed by atoms with Gasteiger partial charge in [0.05, 0.1) is 12.8 Å². The molecular weight excluding hydrogens is 280 g/mol. The minimum atomic E-state index is -3.61. The van der Waals surface area contributed by atoms with E-state index in [1.165, 1.54) is 17.4 Å². The maximum absolute atomic E-state index is 12.5. The summed E-state index contributed by atoms with van der Waals surface area (Å²) in [6, 6.07) is 3.23. The molecule has 20 heavy (non-hydrogen) atoms. The predicted molar refractivity (Wildman–Crippen MR) is 73.4 cm³/mol. The molecule has 0 spiro atoms. The molecule has 0 saturated carbocycles. The molecule has 0 aromatic carbocycles. The maximum Gasteiger partial charge on any atom is 0.246 e. The van der Waals surface area contributed by atoms with Crippen molar-refractivity contribution >= 4 is 10.0 Å². The number of nitrogens with zero attached hydrogens (tertiary/aromatic N) is 1. The standard InChI is InChI=1S/C13H18N2O4S/c1-9-11(4-5-18-9)8-15(3)20(16,17)13-6-12(7-14)19-10(13)2/h4-6H,7-8,14H2,1-3H3. The monoisotopic (exact) mass is 298 g/mol.